The monoisotopic (exact) mass is 229 g/mol. The van der Waals surface area contributed by atoms with Crippen molar-refractivity contribution >= 4 is 11.5 Å². The fraction of sp³-hybridized carbons (Fsp3) is 0.800. The summed E-state index contributed by atoms with van der Waals surface area (Å²) in [6, 6.07) is 0.180. The van der Waals surface area contributed by atoms with Gasteiger partial charge in [0.05, 0.1) is 11.7 Å². The lowest BCUT2D eigenvalue weighted by atomic mass is 9.95. The normalized spacial score (nSPS) is 30.3. The summed E-state index contributed by atoms with van der Waals surface area (Å²) in [5.74, 6) is 0. The summed E-state index contributed by atoms with van der Waals surface area (Å²) in [6.07, 6.45) is 1.60. The molecule has 2 atom stereocenters. The topological polar surface area (TPSA) is 29.0 Å². The average Bonchev–Trinajstić information content (AvgIpc) is 2.67. The van der Waals surface area contributed by atoms with Crippen LogP contribution in [0.3, 0.4) is 0 Å². The Labute approximate surface area is 93.5 Å². The number of piperidine rings is 1. The Morgan fingerprint density at radius 2 is 2.47 bits per heavy atom. The number of likely N-dealkylation sites (tertiary alicyclic amines) is 1. The largest absolute Gasteiger partial charge is 0.292 e. The number of alkyl halides is 1. The van der Waals surface area contributed by atoms with E-state index in [0.29, 0.717) is 13.0 Å². The van der Waals surface area contributed by atoms with E-state index in [2.05, 4.69) is 21.4 Å². The van der Waals surface area contributed by atoms with E-state index in [0.717, 1.165) is 18.7 Å². The van der Waals surface area contributed by atoms with Gasteiger partial charge >= 0.3 is 0 Å². The molecule has 1 aromatic heterocycles. The van der Waals surface area contributed by atoms with Gasteiger partial charge in [-0.15, -0.1) is 5.10 Å². The number of hydrogen-bond acceptors (Lipinski definition) is 4. The number of rotatable bonds is 2. The lowest BCUT2D eigenvalue weighted by Crippen LogP contribution is -2.44. The van der Waals surface area contributed by atoms with Gasteiger partial charge in [0.2, 0.25) is 0 Å². The molecule has 0 bridgehead atoms. The van der Waals surface area contributed by atoms with Crippen molar-refractivity contribution in [3.63, 3.8) is 0 Å². The van der Waals surface area contributed by atoms with E-state index in [9.17, 15) is 4.39 Å². The molecule has 5 heteroatoms. The molecule has 2 rings (SSSR count). The molecule has 84 valence electrons. The van der Waals surface area contributed by atoms with Gasteiger partial charge in [-0.05, 0) is 44.8 Å². The second-order valence-corrected chi connectivity index (χ2v) is 5.10. The van der Waals surface area contributed by atoms with Gasteiger partial charge in [0.1, 0.15) is 5.67 Å². The number of nitrogens with zero attached hydrogens (tertiary/aromatic N) is 3. The van der Waals surface area contributed by atoms with Crippen molar-refractivity contribution in [3.8, 4) is 0 Å². The maximum atomic E-state index is 13.8. The first-order chi connectivity index (χ1) is 7.08. The lowest BCUT2D eigenvalue weighted by molar-refractivity contribution is 0.0380. The van der Waals surface area contributed by atoms with Crippen LogP contribution in [0.15, 0.2) is 5.38 Å². The molecule has 0 spiro atoms. The van der Waals surface area contributed by atoms with E-state index in [1.165, 1.54) is 11.5 Å². The maximum absolute atomic E-state index is 13.8. The summed E-state index contributed by atoms with van der Waals surface area (Å²) in [5.41, 5.74) is -0.0895. The molecular weight excluding hydrogens is 213 g/mol. The minimum atomic E-state index is -1.05. The Kier molecular flexibility index (Phi) is 3.02. The molecular formula is C10H16FN3S. The Balaban J connectivity index is 2.04. The SMILES string of the molecule is C[C@@H](c1csnn1)N1CCC[C@@](C)(F)C1. The van der Waals surface area contributed by atoms with Gasteiger partial charge in [0, 0.05) is 11.9 Å². The maximum Gasteiger partial charge on any atom is 0.121 e. The zero-order chi connectivity index (χ0) is 10.9. The first kappa shape index (κ1) is 11.0. The van der Waals surface area contributed by atoms with Gasteiger partial charge in [0.25, 0.3) is 0 Å². The summed E-state index contributed by atoms with van der Waals surface area (Å²) in [4.78, 5) is 2.15. The fourth-order valence-electron chi connectivity index (χ4n) is 2.10. The third kappa shape index (κ3) is 2.52. The van der Waals surface area contributed by atoms with E-state index in [4.69, 9.17) is 0 Å². The summed E-state index contributed by atoms with van der Waals surface area (Å²) in [7, 11) is 0. The van der Waals surface area contributed by atoms with Crippen LogP contribution >= 0.6 is 11.5 Å². The summed E-state index contributed by atoms with van der Waals surface area (Å²) >= 11 is 1.35. The number of halogens is 1. The summed E-state index contributed by atoms with van der Waals surface area (Å²) in [5, 5.41) is 5.98. The van der Waals surface area contributed by atoms with E-state index >= 15 is 0 Å². The van der Waals surface area contributed by atoms with Gasteiger partial charge < -0.3 is 0 Å². The smallest absolute Gasteiger partial charge is 0.121 e. The van der Waals surface area contributed by atoms with Crippen molar-refractivity contribution in [2.75, 3.05) is 13.1 Å². The van der Waals surface area contributed by atoms with Crippen molar-refractivity contribution in [3.05, 3.63) is 11.1 Å². The van der Waals surface area contributed by atoms with Crippen LogP contribution in [0.1, 0.15) is 38.4 Å². The van der Waals surface area contributed by atoms with Crippen LogP contribution in [-0.2, 0) is 0 Å². The van der Waals surface area contributed by atoms with Crippen molar-refractivity contribution in [1.29, 1.82) is 0 Å². The molecule has 0 saturated carbocycles. The molecule has 15 heavy (non-hydrogen) atoms. The highest BCUT2D eigenvalue weighted by molar-refractivity contribution is 7.03. The first-order valence-corrected chi connectivity index (χ1v) is 6.12. The molecule has 1 saturated heterocycles. The zero-order valence-corrected chi connectivity index (χ0v) is 9.93. The van der Waals surface area contributed by atoms with Crippen molar-refractivity contribution < 1.29 is 4.39 Å². The lowest BCUT2D eigenvalue weighted by Gasteiger charge is -2.38. The molecule has 3 nitrogen and oxygen atoms in total. The Morgan fingerprint density at radius 3 is 3.07 bits per heavy atom. The van der Waals surface area contributed by atoms with Crippen LogP contribution in [0.4, 0.5) is 4.39 Å². The predicted molar refractivity (Wildman–Crippen MR) is 58.6 cm³/mol. The quantitative estimate of drug-likeness (QED) is 0.780. The first-order valence-electron chi connectivity index (χ1n) is 5.28. The van der Waals surface area contributed by atoms with E-state index in [1.54, 1.807) is 6.92 Å². The highest BCUT2D eigenvalue weighted by Gasteiger charge is 2.33. The van der Waals surface area contributed by atoms with Crippen molar-refractivity contribution in [2.45, 2.75) is 38.4 Å². The van der Waals surface area contributed by atoms with Gasteiger partial charge in [-0.25, -0.2) is 4.39 Å². The average molecular weight is 229 g/mol. The standard InChI is InChI=1S/C10H16FN3S/c1-8(9-6-15-13-12-9)14-5-3-4-10(2,11)7-14/h6,8H,3-5,7H2,1-2H3/t8-,10+/m0/s1. The van der Waals surface area contributed by atoms with Crippen molar-refractivity contribution in [1.82, 2.24) is 14.5 Å². The minimum absolute atomic E-state index is 0.180. The molecule has 1 aromatic rings. The fourth-order valence-corrected chi connectivity index (χ4v) is 2.64. The van der Waals surface area contributed by atoms with Crippen molar-refractivity contribution in [2.24, 2.45) is 0 Å². The molecule has 0 N–H and O–H groups in total. The van der Waals surface area contributed by atoms with Gasteiger partial charge in [-0.3, -0.25) is 4.90 Å². The highest BCUT2D eigenvalue weighted by Crippen LogP contribution is 2.30. The molecule has 1 fully saturated rings. The van der Waals surface area contributed by atoms with Crippen LogP contribution in [0.2, 0.25) is 0 Å². The van der Waals surface area contributed by atoms with Gasteiger partial charge in [-0.2, -0.15) is 0 Å². The third-order valence-corrected chi connectivity index (χ3v) is 3.55. The molecule has 1 aliphatic rings. The Morgan fingerprint density at radius 1 is 1.67 bits per heavy atom. The number of aromatic nitrogens is 2. The highest BCUT2D eigenvalue weighted by atomic mass is 32.1. The van der Waals surface area contributed by atoms with E-state index in [1.807, 2.05) is 5.38 Å². The molecule has 0 aliphatic carbocycles. The molecule has 2 heterocycles. The van der Waals surface area contributed by atoms with Crippen LogP contribution in [-0.4, -0.2) is 33.2 Å². The second kappa shape index (κ2) is 4.14. The van der Waals surface area contributed by atoms with Crippen LogP contribution in [0, 0.1) is 0 Å². The summed E-state index contributed by atoms with van der Waals surface area (Å²) < 4.78 is 17.7. The van der Waals surface area contributed by atoms with Crippen LogP contribution < -0.4 is 0 Å². The molecule has 0 amide bonds. The second-order valence-electron chi connectivity index (χ2n) is 4.49. The Hall–Kier alpha value is -0.550. The van der Waals surface area contributed by atoms with E-state index in [-0.39, 0.29) is 6.04 Å². The van der Waals surface area contributed by atoms with Gasteiger partial charge in [-0.1, -0.05) is 4.49 Å². The Bertz CT molecular complexity index is 312. The molecule has 0 unspecified atom stereocenters. The van der Waals surface area contributed by atoms with Gasteiger partial charge in [0.15, 0.2) is 0 Å². The predicted octanol–water partition coefficient (Wildman–Crippen LogP) is 2.42. The minimum Gasteiger partial charge on any atom is -0.292 e. The molecule has 0 radical (unpaired) electrons. The van der Waals surface area contributed by atoms with Crippen LogP contribution in [0.25, 0.3) is 0 Å². The van der Waals surface area contributed by atoms with Crippen LogP contribution in [0.5, 0.6) is 0 Å². The molecule has 1 aliphatic heterocycles. The van der Waals surface area contributed by atoms with E-state index < -0.39 is 5.67 Å². The zero-order valence-electron chi connectivity index (χ0n) is 9.11. The third-order valence-electron chi connectivity index (χ3n) is 3.03. The number of hydrogen-bond donors (Lipinski definition) is 0. The molecule has 0 aromatic carbocycles. The summed E-state index contributed by atoms with van der Waals surface area (Å²) in [6.45, 7) is 5.22.